The van der Waals surface area contributed by atoms with Crippen molar-refractivity contribution in [1.82, 2.24) is 5.32 Å². The summed E-state index contributed by atoms with van der Waals surface area (Å²) in [7, 11) is 0. The highest BCUT2D eigenvalue weighted by Crippen LogP contribution is 2.07. The van der Waals surface area contributed by atoms with Crippen LogP contribution in [0.1, 0.15) is 46.5 Å². The second-order valence-corrected chi connectivity index (χ2v) is 5.09. The number of carbonyl (C=O) groups is 2. The lowest BCUT2D eigenvalue weighted by Gasteiger charge is -2.19. The minimum atomic E-state index is -0.658. The van der Waals surface area contributed by atoms with Crippen LogP contribution in [0.4, 0.5) is 4.79 Å². The Morgan fingerprint density at radius 3 is 2.50 bits per heavy atom. The minimum absolute atomic E-state index is 0.117. The van der Waals surface area contributed by atoms with Crippen LogP contribution in [-0.4, -0.2) is 31.3 Å². The van der Waals surface area contributed by atoms with Crippen LogP contribution in [0.25, 0.3) is 0 Å². The molecule has 1 amide bonds. The van der Waals surface area contributed by atoms with E-state index in [9.17, 15) is 9.59 Å². The van der Waals surface area contributed by atoms with Crippen molar-refractivity contribution in [2.45, 2.75) is 52.5 Å². The fourth-order valence-electron chi connectivity index (χ4n) is 1.63. The van der Waals surface area contributed by atoms with E-state index in [0.717, 1.165) is 19.3 Å². The molecule has 0 spiro atoms. The van der Waals surface area contributed by atoms with Crippen LogP contribution < -0.4 is 5.32 Å². The van der Waals surface area contributed by atoms with E-state index in [-0.39, 0.29) is 12.5 Å². The highest BCUT2D eigenvalue weighted by Gasteiger charge is 2.23. The molecule has 20 heavy (non-hydrogen) atoms. The van der Waals surface area contributed by atoms with Crippen LogP contribution in [0.3, 0.4) is 0 Å². The van der Waals surface area contributed by atoms with Gasteiger partial charge in [-0.15, -0.1) is 0 Å². The van der Waals surface area contributed by atoms with E-state index in [2.05, 4.69) is 18.8 Å². The molecule has 0 aromatic carbocycles. The predicted molar refractivity (Wildman–Crippen MR) is 78.4 cm³/mol. The van der Waals surface area contributed by atoms with Crippen LogP contribution >= 0.6 is 0 Å². The van der Waals surface area contributed by atoms with E-state index >= 15 is 0 Å². The standard InChI is InChI=1S/C15H27NO4/c1-5-7-8-10-19-14(17)13(11-12(3)4)16-15(18)20-9-6-2/h6,12-13H,2,5,7-11H2,1,3-4H3,(H,16,18). The van der Waals surface area contributed by atoms with Crippen molar-refractivity contribution in [3.63, 3.8) is 0 Å². The van der Waals surface area contributed by atoms with Gasteiger partial charge in [0.2, 0.25) is 0 Å². The van der Waals surface area contributed by atoms with Crippen molar-refractivity contribution in [3.8, 4) is 0 Å². The first-order valence-corrected chi connectivity index (χ1v) is 7.22. The number of alkyl carbamates (subject to hydrolysis) is 1. The minimum Gasteiger partial charge on any atom is -0.464 e. The first kappa shape index (κ1) is 18.5. The zero-order valence-electron chi connectivity index (χ0n) is 12.8. The second-order valence-electron chi connectivity index (χ2n) is 5.09. The van der Waals surface area contributed by atoms with Gasteiger partial charge in [0.25, 0.3) is 0 Å². The van der Waals surface area contributed by atoms with E-state index < -0.39 is 18.1 Å². The molecule has 1 N–H and O–H groups in total. The van der Waals surface area contributed by atoms with Crippen molar-refractivity contribution in [2.75, 3.05) is 13.2 Å². The van der Waals surface area contributed by atoms with E-state index in [4.69, 9.17) is 9.47 Å². The third-order valence-corrected chi connectivity index (χ3v) is 2.61. The molecule has 116 valence electrons. The Labute approximate surface area is 121 Å². The summed E-state index contributed by atoms with van der Waals surface area (Å²) in [5, 5.41) is 2.54. The first-order chi connectivity index (χ1) is 9.51. The largest absolute Gasteiger partial charge is 0.464 e. The SMILES string of the molecule is C=CCOC(=O)NC(CC(C)C)C(=O)OCCCCC. The van der Waals surface area contributed by atoms with Crippen LogP contribution in [0, 0.1) is 5.92 Å². The first-order valence-electron chi connectivity index (χ1n) is 7.22. The Morgan fingerprint density at radius 2 is 1.95 bits per heavy atom. The average Bonchev–Trinajstić information content (AvgIpc) is 2.39. The van der Waals surface area contributed by atoms with Gasteiger partial charge in [-0.2, -0.15) is 0 Å². The van der Waals surface area contributed by atoms with Crippen molar-refractivity contribution in [2.24, 2.45) is 5.92 Å². The van der Waals surface area contributed by atoms with Gasteiger partial charge >= 0.3 is 12.1 Å². The number of amides is 1. The van der Waals surface area contributed by atoms with Crippen LogP contribution in [-0.2, 0) is 14.3 Å². The van der Waals surface area contributed by atoms with Gasteiger partial charge in [-0.05, 0) is 18.8 Å². The van der Waals surface area contributed by atoms with Crippen molar-refractivity contribution < 1.29 is 19.1 Å². The van der Waals surface area contributed by atoms with E-state index in [1.54, 1.807) is 0 Å². The van der Waals surface area contributed by atoms with Crippen molar-refractivity contribution >= 4 is 12.1 Å². The van der Waals surface area contributed by atoms with Gasteiger partial charge in [0.1, 0.15) is 12.6 Å². The molecule has 0 radical (unpaired) electrons. The molecule has 0 aromatic heterocycles. The third kappa shape index (κ3) is 9.42. The van der Waals surface area contributed by atoms with Gasteiger partial charge in [0.15, 0.2) is 0 Å². The fraction of sp³-hybridized carbons (Fsp3) is 0.733. The molecule has 0 aromatic rings. The summed E-state index contributed by atoms with van der Waals surface area (Å²) in [4.78, 5) is 23.4. The molecule has 5 nitrogen and oxygen atoms in total. The molecule has 0 saturated carbocycles. The molecule has 0 rings (SSSR count). The zero-order chi connectivity index (χ0) is 15.4. The topological polar surface area (TPSA) is 64.6 Å². The maximum atomic E-state index is 11.9. The average molecular weight is 285 g/mol. The molecular formula is C15H27NO4. The second kappa shape index (κ2) is 11.3. The fourth-order valence-corrected chi connectivity index (χ4v) is 1.63. The van der Waals surface area contributed by atoms with E-state index in [1.165, 1.54) is 6.08 Å². The Balaban J connectivity index is 4.27. The Hall–Kier alpha value is -1.52. The van der Waals surface area contributed by atoms with Gasteiger partial charge in [-0.1, -0.05) is 46.3 Å². The maximum absolute atomic E-state index is 11.9. The summed E-state index contributed by atoms with van der Waals surface area (Å²) < 4.78 is 10.0. The maximum Gasteiger partial charge on any atom is 0.408 e. The summed E-state index contributed by atoms with van der Waals surface area (Å²) in [6.07, 6.45) is 4.31. The summed E-state index contributed by atoms with van der Waals surface area (Å²) in [5.74, 6) is -0.131. The summed E-state index contributed by atoms with van der Waals surface area (Å²) in [6, 6.07) is -0.658. The Kier molecular flexibility index (Phi) is 10.5. The van der Waals surface area contributed by atoms with Crippen LogP contribution in [0.15, 0.2) is 12.7 Å². The van der Waals surface area contributed by atoms with Gasteiger partial charge in [-0.3, -0.25) is 0 Å². The molecule has 1 atom stereocenters. The molecular weight excluding hydrogens is 258 g/mol. The molecule has 0 aliphatic rings. The summed E-state index contributed by atoms with van der Waals surface area (Å²) in [6.45, 7) is 10.0. The predicted octanol–water partition coefficient (Wildman–Crippen LogP) is 3.05. The van der Waals surface area contributed by atoms with Crippen LogP contribution in [0.2, 0.25) is 0 Å². The van der Waals surface area contributed by atoms with E-state index in [0.29, 0.717) is 13.0 Å². The Bertz CT molecular complexity index is 302. The quantitative estimate of drug-likeness (QED) is 0.380. The molecule has 5 heteroatoms. The van der Waals surface area contributed by atoms with Gasteiger partial charge in [0, 0.05) is 0 Å². The lowest BCUT2D eigenvalue weighted by molar-refractivity contribution is -0.146. The monoisotopic (exact) mass is 285 g/mol. The number of unbranched alkanes of at least 4 members (excludes halogenated alkanes) is 2. The third-order valence-electron chi connectivity index (χ3n) is 2.61. The summed E-state index contributed by atoms with van der Waals surface area (Å²) >= 11 is 0. The molecule has 0 saturated heterocycles. The molecule has 0 aliphatic heterocycles. The van der Waals surface area contributed by atoms with Gasteiger partial charge in [-0.25, -0.2) is 9.59 Å². The number of nitrogens with one attached hydrogen (secondary N) is 1. The van der Waals surface area contributed by atoms with E-state index in [1.807, 2.05) is 13.8 Å². The molecule has 1 unspecified atom stereocenters. The molecule has 0 heterocycles. The normalized spacial score (nSPS) is 11.8. The number of carbonyl (C=O) groups excluding carboxylic acids is 2. The van der Waals surface area contributed by atoms with Gasteiger partial charge in [0.05, 0.1) is 6.61 Å². The highest BCUT2D eigenvalue weighted by atomic mass is 16.6. The number of rotatable bonds is 10. The number of esters is 1. The molecule has 0 bridgehead atoms. The number of hydrogen-bond acceptors (Lipinski definition) is 4. The Morgan fingerprint density at radius 1 is 1.25 bits per heavy atom. The summed E-state index contributed by atoms with van der Waals surface area (Å²) in [5.41, 5.74) is 0. The smallest absolute Gasteiger partial charge is 0.408 e. The van der Waals surface area contributed by atoms with Crippen molar-refractivity contribution in [3.05, 3.63) is 12.7 Å². The zero-order valence-corrected chi connectivity index (χ0v) is 12.8. The lowest BCUT2D eigenvalue weighted by Crippen LogP contribution is -2.43. The highest BCUT2D eigenvalue weighted by molar-refractivity contribution is 5.81. The van der Waals surface area contributed by atoms with Crippen molar-refractivity contribution in [1.29, 1.82) is 0 Å². The van der Waals surface area contributed by atoms with Crippen LogP contribution in [0.5, 0.6) is 0 Å². The molecule has 0 fully saturated rings. The number of ether oxygens (including phenoxy) is 2. The molecule has 0 aliphatic carbocycles. The van der Waals surface area contributed by atoms with Gasteiger partial charge < -0.3 is 14.8 Å². The lowest BCUT2D eigenvalue weighted by atomic mass is 10.0. The number of hydrogen-bond donors (Lipinski definition) is 1.